The first-order valence-electron chi connectivity index (χ1n) is 10.8. The Balaban J connectivity index is 1.96. The molecule has 0 amide bonds. The summed E-state index contributed by atoms with van der Waals surface area (Å²) in [6.07, 6.45) is -2.28. The Hall–Kier alpha value is -3.23. The average Bonchev–Trinajstić information content (AvgIpc) is 3.19. The number of aliphatic hydroxyl groups is 1. The highest BCUT2D eigenvalue weighted by Gasteiger charge is 2.52. The third kappa shape index (κ3) is 5.07. The second kappa shape index (κ2) is 9.72. The van der Waals surface area contributed by atoms with Crippen LogP contribution in [0.5, 0.6) is 0 Å². The number of nitrogens with zero attached hydrogens (tertiary/aromatic N) is 4. The lowest BCUT2D eigenvalue weighted by atomic mass is 9.86. The van der Waals surface area contributed by atoms with Gasteiger partial charge >= 0.3 is 11.9 Å². The van der Waals surface area contributed by atoms with Crippen molar-refractivity contribution in [3.8, 4) is 6.07 Å². The number of nitrogens with two attached hydrogens (primary N) is 1. The van der Waals surface area contributed by atoms with E-state index in [0.717, 1.165) is 0 Å². The van der Waals surface area contributed by atoms with Crippen molar-refractivity contribution < 1.29 is 28.9 Å². The van der Waals surface area contributed by atoms with Crippen LogP contribution >= 0.6 is 0 Å². The van der Waals surface area contributed by atoms with E-state index in [1.54, 1.807) is 26.0 Å². The number of aliphatic hydroxyl groups excluding tert-OH is 1. The van der Waals surface area contributed by atoms with E-state index >= 15 is 0 Å². The lowest BCUT2D eigenvalue weighted by molar-refractivity contribution is -0.227. The van der Waals surface area contributed by atoms with Gasteiger partial charge in [0.1, 0.15) is 30.6 Å². The van der Waals surface area contributed by atoms with Crippen LogP contribution < -0.4 is 5.73 Å². The van der Waals surface area contributed by atoms with E-state index in [1.807, 2.05) is 13.8 Å². The third-order valence-electron chi connectivity index (χ3n) is 5.37. The van der Waals surface area contributed by atoms with Crippen LogP contribution in [0.2, 0.25) is 0 Å². The van der Waals surface area contributed by atoms with Gasteiger partial charge in [-0.25, -0.2) is 9.50 Å². The Morgan fingerprint density at radius 3 is 2.76 bits per heavy atom. The van der Waals surface area contributed by atoms with E-state index in [1.165, 1.54) is 10.8 Å². The van der Waals surface area contributed by atoms with Crippen molar-refractivity contribution in [2.24, 2.45) is 11.8 Å². The van der Waals surface area contributed by atoms with Crippen LogP contribution in [0.15, 0.2) is 18.5 Å². The maximum absolute atomic E-state index is 12.3. The molecule has 11 heteroatoms. The van der Waals surface area contributed by atoms with Gasteiger partial charge in [0.05, 0.1) is 17.7 Å². The number of fused-ring (bicyclic) bond motifs is 1. The molecule has 0 bridgehead atoms. The molecule has 0 unspecified atom stereocenters. The molecule has 178 valence electrons. The largest absolute Gasteiger partial charge is 0.463 e. The molecule has 0 aliphatic carbocycles. The van der Waals surface area contributed by atoms with Crippen LogP contribution in [0.1, 0.15) is 46.2 Å². The Morgan fingerprint density at radius 2 is 2.12 bits per heavy atom. The van der Waals surface area contributed by atoms with Crippen LogP contribution in [0.3, 0.4) is 0 Å². The molecular weight excluding hydrogens is 430 g/mol. The number of nitriles is 1. The van der Waals surface area contributed by atoms with Gasteiger partial charge in [-0.1, -0.05) is 27.7 Å². The van der Waals surface area contributed by atoms with Crippen molar-refractivity contribution in [1.29, 1.82) is 5.26 Å². The van der Waals surface area contributed by atoms with Crippen LogP contribution in [-0.2, 0) is 29.4 Å². The summed E-state index contributed by atoms with van der Waals surface area (Å²) in [4.78, 5) is 28.3. The third-order valence-corrected chi connectivity index (χ3v) is 5.37. The van der Waals surface area contributed by atoms with Crippen LogP contribution in [-0.4, -0.2) is 56.6 Å². The molecule has 0 radical (unpaired) electrons. The number of nitrogen functional groups attached to an aromatic ring is 1. The fourth-order valence-electron chi connectivity index (χ4n) is 3.73. The van der Waals surface area contributed by atoms with Crippen LogP contribution in [0, 0.1) is 23.2 Å². The summed E-state index contributed by atoms with van der Waals surface area (Å²) >= 11 is 0. The van der Waals surface area contributed by atoms with Gasteiger partial charge in [0.15, 0.2) is 17.5 Å². The number of esters is 2. The van der Waals surface area contributed by atoms with E-state index in [9.17, 15) is 20.0 Å². The summed E-state index contributed by atoms with van der Waals surface area (Å²) < 4.78 is 18.4. The summed E-state index contributed by atoms with van der Waals surface area (Å²) in [7, 11) is 0. The second-order valence-electron chi connectivity index (χ2n) is 8.86. The molecule has 1 aliphatic heterocycles. The van der Waals surface area contributed by atoms with E-state index in [0.29, 0.717) is 11.2 Å². The number of aromatic nitrogens is 3. The molecule has 11 nitrogen and oxygen atoms in total. The number of hydrogen-bond donors (Lipinski definition) is 2. The van der Waals surface area contributed by atoms with Crippen molar-refractivity contribution in [2.75, 3.05) is 12.3 Å². The SMILES string of the molecule is CC(C)CC(=O)O[C@H]1[C@@H](O)C[C@](C#N)(c2ccc3c(N)ncnn23)O[C@@H]1COC(=O)C(C)C. The first-order valence-corrected chi connectivity index (χ1v) is 10.8. The fourth-order valence-corrected chi connectivity index (χ4v) is 3.73. The molecule has 4 atom stereocenters. The van der Waals surface area contributed by atoms with E-state index < -0.39 is 41.8 Å². The van der Waals surface area contributed by atoms with Gasteiger partial charge in [-0.15, -0.1) is 0 Å². The molecule has 2 aromatic heterocycles. The van der Waals surface area contributed by atoms with Gasteiger partial charge in [-0.05, 0) is 18.1 Å². The second-order valence-corrected chi connectivity index (χ2v) is 8.86. The Kier molecular flexibility index (Phi) is 7.19. The maximum atomic E-state index is 12.3. The van der Waals surface area contributed by atoms with Crippen LogP contribution in [0.25, 0.3) is 5.52 Å². The number of anilines is 1. The summed E-state index contributed by atoms with van der Waals surface area (Å²) in [6, 6.07) is 5.37. The first-order chi connectivity index (χ1) is 15.6. The predicted molar refractivity (Wildman–Crippen MR) is 115 cm³/mol. The van der Waals surface area contributed by atoms with E-state index in [4.69, 9.17) is 19.9 Å². The Bertz CT molecular complexity index is 1060. The minimum absolute atomic E-state index is 0.0480. The minimum Gasteiger partial charge on any atom is -0.463 e. The van der Waals surface area contributed by atoms with Crippen LogP contribution in [0.4, 0.5) is 5.82 Å². The van der Waals surface area contributed by atoms with Gasteiger partial charge in [0.25, 0.3) is 0 Å². The molecule has 2 aromatic rings. The monoisotopic (exact) mass is 459 g/mol. The van der Waals surface area contributed by atoms with Crippen molar-refractivity contribution in [1.82, 2.24) is 14.6 Å². The average molecular weight is 460 g/mol. The van der Waals surface area contributed by atoms with E-state index in [2.05, 4.69) is 16.2 Å². The van der Waals surface area contributed by atoms with Crippen molar-refractivity contribution in [2.45, 2.75) is 64.4 Å². The molecule has 33 heavy (non-hydrogen) atoms. The number of carbonyl (C=O) groups is 2. The summed E-state index contributed by atoms with van der Waals surface area (Å²) in [5.41, 5.74) is 5.03. The van der Waals surface area contributed by atoms with Gasteiger partial charge in [-0.3, -0.25) is 9.59 Å². The van der Waals surface area contributed by atoms with Crippen molar-refractivity contribution >= 4 is 23.3 Å². The molecule has 3 rings (SSSR count). The fraction of sp³-hybridized carbons (Fsp3) is 0.591. The van der Waals surface area contributed by atoms with Gasteiger partial charge in [-0.2, -0.15) is 10.4 Å². The molecule has 1 aliphatic rings. The number of hydrogen-bond acceptors (Lipinski definition) is 10. The highest BCUT2D eigenvalue weighted by Crippen LogP contribution is 2.39. The highest BCUT2D eigenvalue weighted by molar-refractivity contribution is 5.71. The van der Waals surface area contributed by atoms with E-state index in [-0.39, 0.29) is 31.2 Å². The highest BCUT2D eigenvalue weighted by atomic mass is 16.6. The Labute approximate surface area is 191 Å². The molecule has 0 saturated carbocycles. The lowest BCUT2D eigenvalue weighted by Crippen LogP contribution is -2.56. The first kappa shape index (κ1) is 24.4. The van der Waals surface area contributed by atoms with Crippen molar-refractivity contribution in [3.05, 3.63) is 24.2 Å². The van der Waals surface area contributed by atoms with Gasteiger partial charge in [0, 0.05) is 12.8 Å². The van der Waals surface area contributed by atoms with Crippen molar-refractivity contribution in [3.63, 3.8) is 0 Å². The maximum Gasteiger partial charge on any atom is 0.308 e. The Morgan fingerprint density at radius 1 is 1.39 bits per heavy atom. The number of rotatable bonds is 7. The smallest absolute Gasteiger partial charge is 0.308 e. The topological polar surface area (TPSA) is 162 Å². The summed E-state index contributed by atoms with van der Waals surface area (Å²) in [5, 5.41) is 25.3. The lowest BCUT2D eigenvalue weighted by Gasteiger charge is -2.42. The molecule has 0 aromatic carbocycles. The molecule has 1 saturated heterocycles. The normalized spacial score (nSPS) is 25.2. The summed E-state index contributed by atoms with van der Waals surface area (Å²) in [5.74, 6) is -1.14. The predicted octanol–water partition coefficient (Wildman–Crippen LogP) is 1.34. The molecule has 0 spiro atoms. The quantitative estimate of drug-likeness (QED) is 0.578. The standard InChI is InChI=1S/C22H29N5O6/c1-12(2)7-18(29)32-19-15(28)8-22(10-23,33-16(19)9-31-21(30)13(3)4)17-6-5-14-20(24)25-11-26-27(14)17/h5-6,11-13,15-16,19,28H,7-9H2,1-4H3,(H2,24,25,26)/t15-,16+,19-,22-/m0/s1. The van der Waals surface area contributed by atoms with Gasteiger partial charge in [0.2, 0.25) is 0 Å². The molecular formula is C22H29N5O6. The number of carbonyl (C=O) groups excluding carboxylic acids is 2. The zero-order chi connectivity index (χ0) is 24.3. The number of ether oxygens (including phenoxy) is 3. The zero-order valence-electron chi connectivity index (χ0n) is 19.1. The summed E-state index contributed by atoms with van der Waals surface area (Å²) in [6.45, 7) is 6.77. The molecule has 3 N–H and O–H groups in total. The molecule has 3 heterocycles. The zero-order valence-corrected chi connectivity index (χ0v) is 19.1. The molecule has 1 fully saturated rings. The minimum atomic E-state index is -1.66. The van der Waals surface area contributed by atoms with Gasteiger partial charge < -0.3 is 25.1 Å².